The van der Waals surface area contributed by atoms with Gasteiger partial charge in [-0.3, -0.25) is 9.59 Å². The number of aryl methyl sites for hydroxylation is 1. The summed E-state index contributed by atoms with van der Waals surface area (Å²) in [6.07, 6.45) is 2.57. The van der Waals surface area contributed by atoms with Gasteiger partial charge in [0.05, 0.1) is 16.4 Å². The van der Waals surface area contributed by atoms with Crippen molar-refractivity contribution >= 4 is 40.9 Å². The molecule has 1 aromatic carbocycles. The van der Waals surface area contributed by atoms with E-state index in [4.69, 9.17) is 16.3 Å². The van der Waals surface area contributed by atoms with Gasteiger partial charge in [-0.25, -0.2) is 0 Å². The SMILES string of the molecule is CCCn1c(C)cc(C=C(C#N)C(=O)Nc2cc3c(cc2Cl)NC(=O)CO3)c1C. The highest BCUT2D eigenvalue weighted by Crippen LogP contribution is 2.36. The first-order chi connectivity index (χ1) is 13.8. The van der Waals surface area contributed by atoms with Crippen LogP contribution in [0.4, 0.5) is 11.4 Å². The predicted octanol–water partition coefficient (Wildman–Crippen LogP) is 4.04. The van der Waals surface area contributed by atoms with E-state index in [0.29, 0.717) is 17.1 Å². The number of ether oxygens (including phenoxy) is 1. The number of carbonyl (C=O) groups excluding carboxylic acids is 2. The van der Waals surface area contributed by atoms with Gasteiger partial charge in [-0.05, 0) is 44.0 Å². The molecule has 29 heavy (non-hydrogen) atoms. The molecule has 0 saturated heterocycles. The summed E-state index contributed by atoms with van der Waals surface area (Å²) in [6, 6.07) is 6.93. The molecule has 2 N–H and O–H groups in total. The monoisotopic (exact) mass is 412 g/mol. The van der Waals surface area contributed by atoms with Crippen LogP contribution in [0.5, 0.6) is 5.75 Å². The number of nitriles is 1. The minimum atomic E-state index is -0.575. The van der Waals surface area contributed by atoms with Crippen LogP contribution in [0.25, 0.3) is 6.08 Å². The number of carbonyl (C=O) groups is 2. The first-order valence-corrected chi connectivity index (χ1v) is 9.58. The van der Waals surface area contributed by atoms with Gasteiger partial charge in [0.1, 0.15) is 17.4 Å². The third-order valence-electron chi connectivity index (χ3n) is 4.68. The Morgan fingerprint density at radius 2 is 2.17 bits per heavy atom. The number of aromatic nitrogens is 1. The van der Waals surface area contributed by atoms with Crippen molar-refractivity contribution in [2.24, 2.45) is 0 Å². The minimum absolute atomic E-state index is 0.0373. The Hall–Kier alpha value is -3.24. The average Bonchev–Trinajstić information content (AvgIpc) is 2.94. The van der Waals surface area contributed by atoms with E-state index in [9.17, 15) is 14.9 Å². The van der Waals surface area contributed by atoms with Crippen molar-refractivity contribution in [2.45, 2.75) is 33.7 Å². The van der Waals surface area contributed by atoms with Crippen LogP contribution in [0.2, 0.25) is 5.02 Å². The Bertz CT molecular complexity index is 1060. The molecule has 1 aliphatic rings. The first-order valence-electron chi connectivity index (χ1n) is 9.20. The van der Waals surface area contributed by atoms with Gasteiger partial charge in [0.25, 0.3) is 11.8 Å². The second-order valence-corrected chi connectivity index (χ2v) is 7.17. The van der Waals surface area contributed by atoms with Gasteiger partial charge in [-0.2, -0.15) is 5.26 Å². The van der Waals surface area contributed by atoms with Crippen molar-refractivity contribution in [1.29, 1.82) is 5.26 Å². The maximum absolute atomic E-state index is 12.7. The van der Waals surface area contributed by atoms with Crippen LogP contribution in [-0.2, 0) is 16.1 Å². The number of nitrogens with one attached hydrogen (secondary N) is 2. The quantitative estimate of drug-likeness (QED) is 0.572. The summed E-state index contributed by atoms with van der Waals surface area (Å²) in [5, 5.41) is 15.0. The highest BCUT2D eigenvalue weighted by atomic mass is 35.5. The van der Waals surface area contributed by atoms with Crippen LogP contribution in [0.1, 0.15) is 30.3 Å². The molecule has 8 heteroatoms. The molecule has 7 nitrogen and oxygen atoms in total. The maximum Gasteiger partial charge on any atom is 0.266 e. The lowest BCUT2D eigenvalue weighted by Crippen LogP contribution is -2.25. The number of amides is 2. The van der Waals surface area contributed by atoms with E-state index in [1.54, 1.807) is 6.08 Å². The second kappa shape index (κ2) is 8.41. The van der Waals surface area contributed by atoms with Crippen LogP contribution >= 0.6 is 11.6 Å². The zero-order valence-electron chi connectivity index (χ0n) is 16.4. The fourth-order valence-corrected chi connectivity index (χ4v) is 3.44. The number of halogens is 1. The number of fused-ring (bicyclic) bond motifs is 1. The molecular weight excluding hydrogens is 392 g/mol. The van der Waals surface area contributed by atoms with Crippen molar-refractivity contribution in [3.8, 4) is 11.8 Å². The number of rotatable bonds is 5. The second-order valence-electron chi connectivity index (χ2n) is 6.77. The number of benzene rings is 1. The Morgan fingerprint density at radius 1 is 1.41 bits per heavy atom. The lowest BCUT2D eigenvalue weighted by molar-refractivity contribution is -0.118. The minimum Gasteiger partial charge on any atom is -0.482 e. The molecular formula is C21H21ClN4O3. The Morgan fingerprint density at radius 3 is 2.86 bits per heavy atom. The van der Waals surface area contributed by atoms with E-state index < -0.39 is 5.91 Å². The zero-order valence-corrected chi connectivity index (χ0v) is 17.2. The summed E-state index contributed by atoms with van der Waals surface area (Å²) < 4.78 is 7.50. The number of nitrogens with zero attached hydrogens (tertiary/aromatic N) is 2. The molecule has 0 unspecified atom stereocenters. The summed E-state index contributed by atoms with van der Waals surface area (Å²) in [4.78, 5) is 24.1. The van der Waals surface area contributed by atoms with Crippen molar-refractivity contribution < 1.29 is 14.3 Å². The molecule has 2 heterocycles. The summed E-state index contributed by atoms with van der Waals surface area (Å²) in [7, 11) is 0. The van der Waals surface area contributed by atoms with Crippen LogP contribution in [-0.4, -0.2) is 23.0 Å². The molecule has 3 rings (SSSR count). The first kappa shape index (κ1) is 20.5. The normalized spacial score (nSPS) is 13.2. The predicted molar refractivity (Wildman–Crippen MR) is 112 cm³/mol. The molecule has 150 valence electrons. The summed E-state index contributed by atoms with van der Waals surface area (Å²) in [5.74, 6) is -0.454. The fourth-order valence-electron chi connectivity index (χ4n) is 3.23. The van der Waals surface area contributed by atoms with Crippen LogP contribution in [0.3, 0.4) is 0 Å². The van der Waals surface area contributed by atoms with Crippen molar-refractivity contribution in [1.82, 2.24) is 4.57 Å². The Kier molecular flexibility index (Phi) is 5.95. The van der Waals surface area contributed by atoms with E-state index in [0.717, 1.165) is 29.9 Å². The number of hydrogen-bond donors (Lipinski definition) is 2. The fraction of sp³-hybridized carbons (Fsp3) is 0.286. The average molecular weight is 413 g/mol. The molecule has 0 radical (unpaired) electrons. The Balaban J connectivity index is 1.86. The van der Waals surface area contributed by atoms with Crippen LogP contribution in [0.15, 0.2) is 23.8 Å². The lowest BCUT2D eigenvalue weighted by atomic mass is 10.1. The molecule has 0 bridgehead atoms. The molecule has 1 aliphatic heterocycles. The van der Waals surface area contributed by atoms with Crippen molar-refractivity contribution in [3.63, 3.8) is 0 Å². The topological polar surface area (TPSA) is 96.1 Å². The highest BCUT2D eigenvalue weighted by molar-refractivity contribution is 6.34. The van der Waals surface area contributed by atoms with Crippen molar-refractivity contribution in [3.05, 3.63) is 45.7 Å². The van der Waals surface area contributed by atoms with Gasteiger partial charge in [-0.1, -0.05) is 18.5 Å². The van der Waals surface area contributed by atoms with E-state index in [1.807, 2.05) is 26.0 Å². The Labute approximate surface area is 173 Å². The summed E-state index contributed by atoms with van der Waals surface area (Å²) in [5.41, 5.74) is 3.59. The van der Waals surface area contributed by atoms with Crippen molar-refractivity contribution in [2.75, 3.05) is 17.2 Å². The number of anilines is 2. The molecule has 0 spiro atoms. The third-order valence-corrected chi connectivity index (χ3v) is 4.99. The molecule has 1 aromatic heterocycles. The van der Waals surface area contributed by atoms with E-state index in [2.05, 4.69) is 22.1 Å². The van der Waals surface area contributed by atoms with Gasteiger partial charge in [0.2, 0.25) is 0 Å². The van der Waals surface area contributed by atoms with E-state index in [1.165, 1.54) is 12.1 Å². The van der Waals surface area contributed by atoms with Crippen LogP contribution in [0, 0.1) is 25.2 Å². The summed E-state index contributed by atoms with van der Waals surface area (Å²) in [6.45, 7) is 6.82. The van der Waals surface area contributed by atoms with Gasteiger partial charge in [-0.15, -0.1) is 0 Å². The lowest BCUT2D eigenvalue weighted by Gasteiger charge is -2.19. The molecule has 0 fully saturated rings. The van der Waals surface area contributed by atoms with Gasteiger partial charge >= 0.3 is 0 Å². The van der Waals surface area contributed by atoms with E-state index in [-0.39, 0.29) is 23.1 Å². The standard InChI is InChI=1S/C21H21ClN4O3/c1-4-5-26-12(2)6-14(13(26)3)7-15(10-23)21(28)25-17-9-19-18(8-16(17)22)24-20(27)11-29-19/h6-9H,4-5,11H2,1-3H3,(H,24,27)(H,25,28). The van der Waals surface area contributed by atoms with Gasteiger partial charge in [0, 0.05) is 24.0 Å². The van der Waals surface area contributed by atoms with Gasteiger partial charge in [0.15, 0.2) is 6.61 Å². The van der Waals surface area contributed by atoms with Crippen LogP contribution < -0.4 is 15.4 Å². The molecule has 0 aliphatic carbocycles. The van der Waals surface area contributed by atoms with Gasteiger partial charge < -0.3 is 19.9 Å². The molecule has 0 atom stereocenters. The maximum atomic E-state index is 12.7. The molecule has 0 saturated carbocycles. The third kappa shape index (κ3) is 4.28. The number of hydrogen-bond acceptors (Lipinski definition) is 4. The summed E-state index contributed by atoms with van der Waals surface area (Å²) >= 11 is 6.22. The molecule has 2 amide bonds. The smallest absolute Gasteiger partial charge is 0.266 e. The van der Waals surface area contributed by atoms with E-state index >= 15 is 0 Å². The highest BCUT2D eigenvalue weighted by Gasteiger charge is 2.20. The largest absolute Gasteiger partial charge is 0.482 e. The zero-order chi connectivity index (χ0) is 21.1. The molecule has 2 aromatic rings.